The highest BCUT2D eigenvalue weighted by Crippen LogP contribution is 1.96. The molecule has 0 aliphatic rings. The first-order chi connectivity index (χ1) is 4.74. The third-order valence-corrected chi connectivity index (χ3v) is 1.31. The second-order valence-electron chi connectivity index (χ2n) is 2.18. The normalized spacial score (nSPS) is 9.80. The molecule has 10 heavy (non-hydrogen) atoms. The zero-order valence-electron chi connectivity index (χ0n) is 5.74. The Balaban J connectivity index is 3.09. The van der Waals surface area contributed by atoms with Crippen molar-refractivity contribution >= 4 is 0 Å². The molecule has 0 amide bonds. The van der Waals surface area contributed by atoms with Gasteiger partial charge in [0.1, 0.15) is 6.61 Å². The number of rotatable bonds is 1. The Kier molecular flexibility index (Phi) is 1.87. The van der Waals surface area contributed by atoms with Gasteiger partial charge in [0.15, 0.2) is 6.20 Å². The number of aryl methyl sites for hydroxylation is 1. The highest BCUT2D eigenvalue weighted by Gasteiger charge is 2.00. The monoisotopic (exact) mass is 139 g/mol. The Hall–Kier alpha value is -1.09. The summed E-state index contributed by atoms with van der Waals surface area (Å²) in [6.07, 6.45) is 1.39. The van der Waals surface area contributed by atoms with Gasteiger partial charge in [-0.3, -0.25) is 0 Å². The Morgan fingerprint density at radius 2 is 2.40 bits per heavy atom. The molecule has 0 aromatic carbocycles. The van der Waals surface area contributed by atoms with Crippen LogP contribution in [0.5, 0.6) is 0 Å². The molecule has 1 rings (SSSR count). The first kappa shape index (κ1) is 7.02. The van der Waals surface area contributed by atoms with Crippen LogP contribution in [0.4, 0.5) is 0 Å². The summed E-state index contributed by atoms with van der Waals surface area (Å²) in [6, 6.07) is 3.36. The molecule has 0 bridgehead atoms. The molecule has 0 aliphatic carbocycles. The SMILES string of the molecule is Cc1cc[n+]([O-])c(CO)c1. The van der Waals surface area contributed by atoms with Crippen molar-refractivity contribution < 1.29 is 9.84 Å². The Labute approximate surface area is 59.1 Å². The van der Waals surface area contributed by atoms with Gasteiger partial charge in [-0.1, -0.05) is 0 Å². The minimum atomic E-state index is -0.203. The molecule has 1 N–H and O–H groups in total. The predicted octanol–water partition coefficient (Wildman–Crippen LogP) is 0.121. The van der Waals surface area contributed by atoms with E-state index in [1.165, 1.54) is 6.20 Å². The summed E-state index contributed by atoms with van der Waals surface area (Å²) in [5.74, 6) is 0. The number of hydrogen-bond donors (Lipinski definition) is 1. The van der Waals surface area contributed by atoms with E-state index in [9.17, 15) is 5.21 Å². The molecule has 0 saturated heterocycles. The van der Waals surface area contributed by atoms with Crippen molar-refractivity contribution in [1.82, 2.24) is 0 Å². The number of aliphatic hydroxyl groups excluding tert-OH is 1. The predicted molar refractivity (Wildman–Crippen MR) is 36.1 cm³/mol. The summed E-state index contributed by atoms with van der Waals surface area (Å²) in [5.41, 5.74) is 1.37. The van der Waals surface area contributed by atoms with Crippen LogP contribution in [-0.2, 0) is 6.61 Å². The van der Waals surface area contributed by atoms with Crippen LogP contribution in [0.3, 0.4) is 0 Å². The van der Waals surface area contributed by atoms with E-state index in [1.807, 2.05) is 6.92 Å². The van der Waals surface area contributed by atoms with E-state index in [2.05, 4.69) is 0 Å². The molecule has 0 atom stereocenters. The lowest BCUT2D eigenvalue weighted by molar-refractivity contribution is -0.616. The smallest absolute Gasteiger partial charge is 0.218 e. The molecular weight excluding hydrogens is 130 g/mol. The van der Waals surface area contributed by atoms with E-state index in [0.29, 0.717) is 10.4 Å². The molecular formula is C7H9NO2. The van der Waals surface area contributed by atoms with Crippen molar-refractivity contribution in [3.8, 4) is 0 Å². The average Bonchev–Trinajstić information content (AvgIpc) is 1.94. The van der Waals surface area contributed by atoms with Gasteiger partial charge in [-0.25, -0.2) is 0 Å². The highest BCUT2D eigenvalue weighted by molar-refractivity contribution is 5.09. The zero-order chi connectivity index (χ0) is 7.56. The van der Waals surface area contributed by atoms with E-state index in [0.717, 1.165) is 5.56 Å². The fourth-order valence-electron chi connectivity index (χ4n) is 0.771. The van der Waals surface area contributed by atoms with E-state index in [4.69, 9.17) is 5.11 Å². The third-order valence-electron chi connectivity index (χ3n) is 1.31. The van der Waals surface area contributed by atoms with E-state index < -0.39 is 0 Å². The van der Waals surface area contributed by atoms with Gasteiger partial charge in [-0.15, -0.1) is 0 Å². The van der Waals surface area contributed by atoms with Crippen LogP contribution in [0, 0.1) is 12.1 Å². The van der Waals surface area contributed by atoms with Crippen molar-refractivity contribution in [3.63, 3.8) is 0 Å². The fraction of sp³-hybridized carbons (Fsp3) is 0.286. The van der Waals surface area contributed by atoms with Crippen LogP contribution in [0.15, 0.2) is 18.3 Å². The van der Waals surface area contributed by atoms with Gasteiger partial charge in [0.25, 0.3) is 0 Å². The summed E-state index contributed by atoms with van der Waals surface area (Å²) in [4.78, 5) is 0. The second kappa shape index (κ2) is 2.66. The lowest BCUT2D eigenvalue weighted by Gasteiger charge is -2.00. The van der Waals surface area contributed by atoms with Crippen LogP contribution in [0.2, 0.25) is 0 Å². The fourth-order valence-corrected chi connectivity index (χ4v) is 0.771. The van der Waals surface area contributed by atoms with Crippen molar-refractivity contribution in [1.29, 1.82) is 0 Å². The largest absolute Gasteiger partial charge is 0.618 e. The molecule has 0 spiro atoms. The molecule has 0 aliphatic heterocycles. The maximum atomic E-state index is 10.8. The highest BCUT2D eigenvalue weighted by atomic mass is 16.5. The molecule has 1 heterocycles. The standard InChI is InChI=1S/C7H9NO2/c1-6-2-3-8(10)7(4-6)5-9/h2-4,9H,5H2,1H3. The van der Waals surface area contributed by atoms with Gasteiger partial charge in [-0.05, 0) is 12.5 Å². The van der Waals surface area contributed by atoms with Crippen LogP contribution < -0.4 is 4.73 Å². The molecule has 3 heteroatoms. The summed E-state index contributed by atoms with van der Waals surface area (Å²) >= 11 is 0. The van der Waals surface area contributed by atoms with Gasteiger partial charge in [0.2, 0.25) is 5.69 Å². The number of aromatic nitrogens is 1. The van der Waals surface area contributed by atoms with Crippen molar-refractivity contribution in [3.05, 3.63) is 34.8 Å². The number of aliphatic hydroxyl groups is 1. The Morgan fingerprint density at radius 1 is 1.70 bits per heavy atom. The third kappa shape index (κ3) is 1.25. The minimum Gasteiger partial charge on any atom is -0.618 e. The summed E-state index contributed by atoms with van der Waals surface area (Å²) in [7, 11) is 0. The molecule has 0 fully saturated rings. The van der Waals surface area contributed by atoms with Crippen molar-refractivity contribution in [2.24, 2.45) is 0 Å². The van der Waals surface area contributed by atoms with Crippen LogP contribution in [0.1, 0.15) is 11.3 Å². The molecule has 0 saturated carbocycles. The molecule has 3 nitrogen and oxygen atoms in total. The first-order valence-electron chi connectivity index (χ1n) is 3.03. The quantitative estimate of drug-likeness (QED) is 0.443. The Morgan fingerprint density at radius 3 is 2.90 bits per heavy atom. The first-order valence-corrected chi connectivity index (χ1v) is 3.03. The molecule has 0 unspecified atom stereocenters. The van der Waals surface area contributed by atoms with Crippen molar-refractivity contribution in [2.75, 3.05) is 0 Å². The molecule has 1 aromatic rings. The van der Waals surface area contributed by atoms with Gasteiger partial charge in [0, 0.05) is 12.1 Å². The molecule has 1 aromatic heterocycles. The van der Waals surface area contributed by atoms with Crippen LogP contribution >= 0.6 is 0 Å². The van der Waals surface area contributed by atoms with Gasteiger partial charge in [0.05, 0.1) is 0 Å². The number of nitrogens with zero attached hydrogens (tertiary/aromatic N) is 1. The van der Waals surface area contributed by atoms with E-state index >= 15 is 0 Å². The van der Waals surface area contributed by atoms with Gasteiger partial charge in [-0.2, -0.15) is 4.73 Å². The lowest BCUT2D eigenvalue weighted by atomic mass is 10.2. The minimum absolute atomic E-state index is 0.203. The summed E-state index contributed by atoms with van der Waals surface area (Å²) in [6.45, 7) is 1.67. The van der Waals surface area contributed by atoms with Gasteiger partial charge < -0.3 is 10.3 Å². The van der Waals surface area contributed by atoms with Crippen LogP contribution in [-0.4, -0.2) is 5.11 Å². The zero-order valence-corrected chi connectivity index (χ0v) is 5.74. The average molecular weight is 139 g/mol. The lowest BCUT2D eigenvalue weighted by Crippen LogP contribution is -2.31. The second-order valence-corrected chi connectivity index (χ2v) is 2.18. The van der Waals surface area contributed by atoms with E-state index in [-0.39, 0.29) is 6.61 Å². The topological polar surface area (TPSA) is 47.2 Å². The summed E-state index contributed by atoms with van der Waals surface area (Å²) < 4.78 is 0.660. The van der Waals surface area contributed by atoms with E-state index in [1.54, 1.807) is 12.1 Å². The van der Waals surface area contributed by atoms with Crippen LogP contribution in [0.25, 0.3) is 0 Å². The number of hydrogen-bond acceptors (Lipinski definition) is 2. The maximum absolute atomic E-state index is 10.8. The van der Waals surface area contributed by atoms with Gasteiger partial charge >= 0.3 is 0 Å². The maximum Gasteiger partial charge on any atom is 0.218 e. The number of pyridine rings is 1. The van der Waals surface area contributed by atoms with Crippen molar-refractivity contribution in [2.45, 2.75) is 13.5 Å². The Bertz CT molecular complexity index is 235. The molecule has 54 valence electrons. The summed E-state index contributed by atoms with van der Waals surface area (Å²) in [5, 5.41) is 19.4. The molecule has 0 radical (unpaired) electrons.